The average Bonchev–Trinajstić information content (AvgIpc) is 2.39. The van der Waals surface area contributed by atoms with Gasteiger partial charge in [-0.05, 0) is 37.0 Å². The lowest BCUT2D eigenvalue weighted by Crippen LogP contribution is -2.26. The Hall–Kier alpha value is -0.950. The van der Waals surface area contributed by atoms with Crippen LogP contribution in [0.15, 0.2) is 23.1 Å². The maximum absolute atomic E-state index is 12.2. The van der Waals surface area contributed by atoms with Crippen molar-refractivity contribution in [3.63, 3.8) is 0 Å². The summed E-state index contributed by atoms with van der Waals surface area (Å²) < 4.78 is 31.9. The Kier molecular flexibility index (Phi) is 6.44. The molecule has 0 spiro atoms. The highest BCUT2D eigenvalue weighted by atomic mass is 32.2. The van der Waals surface area contributed by atoms with E-state index in [1.807, 2.05) is 6.07 Å². The summed E-state index contributed by atoms with van der Waals surface area (Å²) in [6.45, 7) is 3.16. The number of ether oxygens (including phenoxy) is 1. The molecule has 0 radical (unpaired) electrons. The molecule has 0 saturated carbocycles. The van der Waals surface area contributed by atoms with Gasteiger partial charge >= 0.3 is 0 Å². The highest BCUT2D eigenvalue weighted by Gasteiger charge is 2.16. The molecular weight excluding hydrogens is 264 g/mol. The van der Waals surface area contributed by atoms with E-state index in [2.05, 4.69) is 4.72 Å². The van der Waals surface area contributed by atoms with E-state index in [0.717, 1.165) is 24.0 Å². The van der Waals surface area contributed by atoms with Crippen molar-refractivity contribution in [1.82, 2.24) is 4.72 Å². The molecule has 0 fully saturated rings. The number of hydrogen-bond donors (Lipinski definition) is 2. The first-order valence-electron chi connectivity index (χ1n) is 6.29. The second-order valence-corrected chi connectivity index (χ2v) is 6.14. The fourth-order valence-electron chi connectivity index (χ4n) is 1.72. The van der Waals surface area contributed by atoms with Crippen LogP contribution >= 0.6 is 0 Å². The highest BCUT2D eigenvalue weighted by Crippen LogP contribution is 2.16. The molecule has 0 aliphatic rings. The third-order valence-electron chi connectivity index (χ3n) is 2.85. The SMILES string of the molecule is COCCCCNS(=O)(=O)c1cc(CN)ccc1C. The quantitative estimate of drug-likeness (QED) is 0.703. The zero-order valence-electron chi connectivity index (χ0n) is 11.5. The van der Waals surface area contributed by atoms with Gasteiger partial charge in [-0.2, -0.15) is 0 Å². The Balaban J connectivity index is 2.71. The van der Waals surface area contributed by atoms with E-state index in [1.165, 1.54) is 0 Å². The van der Waals surface area contributed by atoms with E-state index in [9.17, 15) is 8.42 Å². The zero-order valence-corrected chi connectivity index (χ0v) is 12.3. The topological polar surface area (TPSA) is 81.4 Å². The maximum Gasteiger partial charge on any atom is 0.240 e. The Morgan fingerprint density at radius 1 is 1.32 bits per heavy atom. The second kappa shape index (κ2) is 7.59. The van der Waals surface area contributed by atoms with Gasteiger partial charge in [0.2, 0.25) is 10.0 Å². The first-order chi connectivity index (χ1) is 9.01. The van der Waals surface area contributed by atoms with Crippen LogP contribution in [0.3, 0.4) is 0 Å². The molecule has 108 valence electrons. The largest absolute Gasteiger partial charge is 0.385 e. The number of benzene rings is 1. The average molecular weight is 286 g/mol. The Morgan fingerprint density at radius 2 is 2.05 bits per heavy atom. The smallest absolute Gasteiger partial charge is 0.240 e. The molecule has 6 heteroatoms. The minimum atomic E-state index is -3.46. The normalized spacial score (nSPS) is 11.7. The highest BCUT2D eigenvalue weighted by molar-refractivity contribution is 7.89. The van der Waals surface area contributed by atoms with Gasteiger partial charge in [0.1, 0.15) is 0 Å². The Labute approximate surface area is 115 Å². The molecule has 0 aliphatic heterocycles. The number of hydrogen-bond acceptors (Lipinski definition) is 4. The number of rotatable bonds is 8. The summed E-state index contributed by atoms with van der Waals surface area (Å²) in [5, 5.41) is 0. The lowest BCUT2D eigenvalue weighted by atomic mass is 10.1. The van der Waals surface area contributed by atoms with Gasteiger partial charge < -0.3 is 10.5 Å². The molecule has 1 aromatic carbocycles. The van der Waals surface area contributed by atoms with Crippen molar-refractivity contribution in [3.8, 4) is 0 Å². The van der Waals surface area contributed by atoms with E-state index in [0.29, 0.717) is 24.6 Å². The lowest BCUT2D eigenvalue weighted by molar-refractivity contribution is 0.193. The molecule has 0 unspecified atom stereocenters. The Morgan fingerprint density at radius 3 is 2.68 bits per heavy atom. The Bertz CT molecular complexity index is 501. The fraction of sp³-hybridized carbons (Fsp3) is 0.538. The van der Waals surface area contributed by atoms with Crippen molar-refractivity contribution < 1.29 is 13.2 Å². The number of nitrogens with one attached hydrogen (secondary N) is 1. The summed E-state index contributed by atoms with van der Waals surface area (Å²) in [5.41, 5.74) is 7.07. The van der Waals surface area contributed by atoms with Crippen molar-refractivity contribution in [2.24, 2.45) is 5.73 Å². The van der Waals surface area contributed by atoms with Gasteiger partial charge in [0.25, 0.3) is 0 Å². The summed E-state index contributed by atoms with van der Waals surface area (Å²) in [6, 6.07) is 5.25. The van der Waals surface area contributed by atoms with Crippen LogP contribution in [-0.2, 0) is 21.3 Å². The van der Waals surface area contributed by atoms with Crippen LogP contribution in [0, 0.1) is 6.92 Å². The fourth-order valence-corrected chi connectivity index (χ4v) is 3.08. The van der Waals surface area contributed by atoms with Crippen LogP contribution in [-0.4, -0.2) is 28.7 Å². The van der Waals surface area contributed by atoms with E-state index < -0.39 is 10.0 Å². The minimum absolute atomic E-state index is 0.308. The van der Waals surface area contributed by atoms with Crippen molar-refractivity contribution >= 4 is 10.0 Å². The standard InChI is InChI=1S/C13H22N2O3S/c1-11-5-6-12(10-14)9-13(11)19(16,17)15-7-3-4-8-18-2/h5-6,9,15H,3-4,7-8,10,14H2,1-2H3. The molecule has 0 atom stereocenters. The molecule has 0 heterocycles. The molecule has 1 aromatic rings. The first-order valence-corrected chi connectivity index (χ1v) is 7.78. The number of aryl methyl sites for hydroxylation is 1. The zero-order chi connectivity index (χ0) is 14.3. The maximum atomic E-state index is 12.2. The van der Waals surface area contributed by atoms with E-state index in [-0.39, 0.29) is 0 Å². The van der Waals surface area contributed by atoms with E-state index in [1.54, 1.807) is 26.2 Å². The summed E-state index contributed by atoms with van der Waals surface area (Å²) in [4.78, 5) is 0.308. The van der Waals surface area contributed by atoms with Crippen molar-refractivity contribution in [2.45, 2.75) is 31.2 Å². The van der Waals surface area contributed by atoms with Crippen LogP contribution in [0.2, 0.25) is 0 Å². The second-order valence-electron chi connectivity index (χ2n) is 4.40. The van der Waals surface area contributed by atoms with Gasteiger partial charge in [-0.3, -0.25) is 0 Å². The van der Waals surface area contributed by atoms with Crippen molar-refractivity contribution in [2.75, 3.05) is 20.3 Å². The molecule has 0 amide bonds. The van der Waals surface area contributed by atoms with Gasteiger partial charge in [0.05, 0.1) is 4.90 Å². The number of nitrogens with two attached hydrogens (primary N) is 1. The van der Waals surface area contributed by atoms with Gasteiger partial charge in [0.15, 0.2) is 0 Å². The van der Waals surface area contributed by atoms with Gasteiger partial charge in [0, 0.05) is 26.8 Å². The molecule has 0 bridgehead atoms. The molecule has 1 rings (SSSR count). The van der Waals surface area contributed by atoms with Crippen LogP contribution < -0.4 is 10.5 Å². The van der Waals surface area contributed by atoms with E-state index >= 15 is 0 Å². The van der Waals surface area contributed by atoms with E-state index in [4.69, 9.17) is 10.5 Å². The van der Waals surface area contributed by atoms with Crippen LogP contribution in [0.5, 0.6) is 0 Å². The number of sulfonamides is 1. The number of unbranched alkanes of at least 4 members (excludes halogenated alkanes) is 1. The molecule has 0 aromatic heterocycles. The minimum Gasteiger partial charge on any atom is -0.385 e. The summed E-state index contributed by atoms with van der Waals surface area (Å²) in [7, 11) is -1.83. The number of methoxy groups -OCH3 is 1. The molecule has 0 saturated heterocycles. The molecule has 3 N–H and O–H groups in total. The van der Waals surface area contributed by atoms with Gasteiger partial charge in [-0.25, -0.2) is 13.1 Å². The molecule has 0 aliphatic carbocycles. The van der Waals surface area contributed by atoms with Crippen LogP contribution in [0.1, 0.15) is 24.0 Å². The summed E-state index contributed by atoms with van der Waals surface area (Å²) in [6.07, 6.45) is 1.59. The van der Waals surface area contributed by atoms with Crippen LogP contribution in [0.25, 0.3) is 0 Å². The third-order valence-corrected chi connectivity index (χ3v) is 4.45. The monoisotopic (exact) mass is 286 g/mol. The van der Waals surface area contributed by atoms with Gasteiger partial charge in [-0.1, -0.05) is 12.1 Å². The molecular formula is C13H22N2O3S. The van der Waals surface area contributed by atoms with Gasteiger partial charge in [-0.15, -0.1) is 0 Å². The van der Waals surface area contributed by atoms with Crippen molar-refractivity contribution in [3.05, 3.63) is 29.3 Å². The molecule has 5 nitrogen and oxygen atoms in total. The predicted octanol–water partition coefficient (Wildman–Crippen LogP) is 1.16. The summed E-state index contributed by atoms with van der Waals surface area (Å²) >= 11 is 0. The van der Waals surface area contributed by atoms with Crippen molar-refractivity contribution in [1.29, 1.82) is 0 Å². The summed E-state index contributed by atoms with van der Waals surface area (Å²) in [5.74, 6) is 0. The van der Waals surface area contributed by atoms with Crippen LogP contribution in [0.4, 0.5) is 0 Å². The predicted molar refractivity (Wildman–Crippen MR) is 75.4 cm³/mol. The molecule has 19 heavy (non-hydrogen) atoms. The lowest BCUT2D eigenvalue weighted by Gasteiger charge is -2.10. The third kappa shape index (κ3) is 4.91. The first kappa shape index (κ1) is 16.1.